The first kappa shape index (κ1) is 30.3. The lowest BCUT2D eigenvalue weighted by Crippen LogP contribution is -2.35. The van der Waals surface area contributed by atoms with Crippen LogP contribution < -0.4 is 32.7 Å². The minimum absolute atomic E-state index is 0.0467. The number of hydrogen-bond acceptors (Lipinski definition) is 9. The maximum atomic E-state index is 13.5. The third-order valence-electron chi connectivity index (χ3n) is 6.32. The molecular formula is C30H38N8O4. The molecule has 0 atom stereocenters. The molecule has 12 nitrogen and oxygen atoms in total. The third kappa shape index (κ3) is 7.52. The van der Waals surface area contributed by atoms with E-state index >= 15 is 0 Å². The van der Waals surface area contributed by atoms with E-state index in [9.17, 15) is 14.4 Å². The second-order valence-corrected chi connectivity index (χ2v) is 11.3. The van der Waals surface area contributed by atoms with Gasteiger partial charge in [-0.1, -0.05) is 38.1 Å². The molecule has 0 fully saturated rings. The highest BCUT2D eigenvalue weighted by atomic mass is 16.7. The Bertz CT molecular complexity index is 1560. The number of carbonyl (C=O) groups excluding carboxylic acids is 2. The van der Waals surface area contributed by atoms with Crippen LogP contribution in [0.15, 0.2) is 58.4 Å². The maximum absolute atomic E-state index is 13.5. The van der Waals surface area contributed by atoms with Gasteiger partial charge in [-0.2, -0.15) is 0 Å². The molecule has 0 radical (unpaired) electrons. The normalized spacial score (nSPS) is 14.0. The fraction of sp³-hybridized carbons (Fsp3) is 0.367. The topological polar surface area (TPSA) is 165 Å². The SMILES string of the molecule is CC(C)Nc1ncc(-c2cc(N)cc(NC(=O)C(C)C)c2)n(CC(=O)NCc2ccc(C3=NC(C)(C)ON3)cc2)c1=O. The molecule has 222 valence electrons. The number of hydroxylamine groups is 1. The zero-order valence-corrected chi connectivity index (χ0v) is 24.7. The molecule has 0 unspecified atom stereocenters. The van der Waals surface area contributed by atoms with E-state index in [2.05, 4.69) is 31.4 Å². The van der Waals surface area contributed by atoms with Crippen molar-refractivity contribution in [2.45, 2.75) is 66.4 Å². The van der Waals surface area contributed by atoms with Crippen molar-refractivity contribution in [2.75, 3.05) is 16.4 Å². The summed E-state index contributed by atoms with van der Waals surface area (Å²) >= 11 is 0. The van der Waals surface area contributed by atoms with Gasteiger partial charge in [0, 0.05) is 41.0 Å². The summed E-state index contributed by atoms with van der Waals surface area (Å²) in [6, 6.07) is 12.5. The molecule has 12 heteroatoms. The summed E-state index contributed by atoms with van der Waals surface area (Å²) in [5.74, 6) is 0.00344. The number of nitrogens with zero attached hydrogens (tertiary/aromatic N) is 3. The number of nitrogen functional groups attached to an aromatic ring is 1. The van der Waals surface area contributed by atoms with Gasteiger partial charge in [-0.05, 0) is 51.5 Å². The van der Waals surface area contributed by atoms with Crippen LogP contribution in [0.25, 0.3) is 11.3 Å². The number of nitrogens with two attached hydrogens (primary N) is 1. The van der Waals surface area contributed by atoms with Crippen LogP contribution in [0, 0.1) is 5.92 Å². The van der Waals surface area contributed by atoms with Gasteiger partial charge < -0.3 is 21.7 Å². The molecule has 1 aromatic heterocycles. The molecule has 4 rings (SSSR count). The van der Waals surface area contributed by atoms with Gasteiger partial charge in [-0.3, -0.25) is 19.0 Å². The molecular weight excluding hydrogens is 536 g/mol. The van der Waals surface area contributed by atoms with Crippen molar-refractivity contribution in [3.05, 3.63) is 70.1 Å². The molecule has 0 bridgehead atoms. The fourth-order valence-corrected chi connectivity index (χ4v) is 4.20. The first-order chi connectivity index (χ1) is 19.8. The van der Waals surface area contributed by atoms with E-state index in [0.717, 1.165) is 11.1 Å². The molecule has 42 heavy (non-hydrogen) atoms. The van der Waals surface area contributed by atoms with Crippen LogP contribution in [-0.2, 0) is 27.5 Å². The molecule has 6 N–H and O–H groups in total. The van der Waals surface area contributed by atoms with Crippen LogP contribution in [0.1, 0.15) is 52.7 Å². The minimum atomic E-state index is -0.633. The number of amides is 2. The van der Waals surface area contributed by atoms with Crippen molar-refractivity contribution in [1.29, 1.82) is 0 Å². The zero-order chi connectivity index (χ0) is 30.6. The lowest BCUT2D eigenvalue weighted by Gasteiger charge is -2.17. The van der Waals surface area contributed by atoms with Gasteiger partial charge in [-0.25, -0.2) is 20.3 Å². The molecule has 2 heterocycles. The van der Waals surface area contributed by atoms with E-state index in [1.807, 2.05) is 52.0 Å². The highest BCUT2D eigenvalue weighted by Crippen LogP contribution is 2.26. The highest BCUT2D eigenvalue weighted by Gasteiger charge is 2.26. The summed E-state index contributed by atoms with van der Waals surface area (Å²) in [4.78, 5) is 53.1. The Labute approximate surface area is 244 Å². The van der Waals surface area contributed by atoms with Crippen LogP contribution in [0.2, 0.25) is 0 Å². The molecule has 0 saturated carbocycles. The van der Waals surface area contributed by atoms with E-state index in [0.29, 0.717) is 28.5 Å². The fourth-order valence-electron chi connectivity index (χ4n) is 4.20. The molecule has 2 amide bonds. The van der Waals surface area contributed by atoms with Crippen LogP contribution in [-0.4, -0.2) is 39.0 Å². The van der Waals surface area contributed by atoms with Crippen LogP contribution >= 0.6 is 0 Å². The van der Waals surface area contributed by atoms with E-state index in [4.69, 9.17) is 10.6 Å². The molecule has 1 aliphatic rings. The van der Waals surface area contributed by atoms with Gasteiger partial charge in [0.1, 0.15) is 6.54 Å². The van der Waals surface area contributed by atoms with Crippen molar-refractivity contribution >= 4 is 34.8 Å². The number of amidine groups is 1. The van der Waals surface area contributed by atoms with Crippen molar-refractivity contribution in [1.82, 2.24) is 20.3 Å². The number of aromatic nitrogens is 2. The van der Waals surface area contributed by atoms with E-state index in [-0.39, 0.29) is 42.7 Å². The highest BCUT2D eigenvalue weighted by molar-refractivity contribution is 5.99. The standard InChI is InChI=1S/C30H38N8O4/c1-17(2)28(40)35-23-12-21(11-22(31)13-23)24-15-33-27(34-18(3)4)29(41)38(24)16-25(39)32-14-19-7-9-20(10-8-19)26-36-30(5,6)42-37-26/h7-13,15,17-18H,14,16,31H2,1-6H3,(H,32,39)(H,33,34)(H,35,40)(H,36,37). The summed E-state index contributed by atoms with van der Waals surface area (Å²) < 4.78 is 1.35. The average molecular weight is 575 g/mol. The molecule has 0 aliphatic carbocycles. The zero-order valence-electron chi connectivity index (χ0n) is 24.7. The Morgan fingerprint density at radius 2 is 1.79 bits per heavy atom. The largest absolute Gasteiger partial charge is 0.399 e. The van der Waals surface area contributed by atoms with E-state index < -0.39 is 11.3 Å². The summed E-state index contributed by atoms with van der Waals surface area (Å²) in [7, 11) is 0. The first-order valence-electron chi connectivity index (χ1n) is 13.8. The van der Waals surface area contributed by atoms with Crippen LogP contribution in [0.4, 0.5) is 17.2 Å². The van der Waals surface area contributed by atoms with Crippen molar-refractivity contribution in [2.24, 2.45) is 10.9 Å². The predicted molar refractivity (Wildman–Crippen MR) is 164 cm³/mol. The van der Waals surface area contributed by atoms with Gasteiger partial charge in [0.15, 0.2) is 17.4 Å². The lowest BCUT2D eigenvalue weighted by atomic mass is 10.1. The molecule has 0 saturated heterocycles. The maximum Gasteiger partial charge on any atom is 0.294 e. The number of aliphatic imine (C=N–C) groups is 1. The van der Waals surface area contributed by atoms with Crippen LogP contribution in [0.5, 0.6) is 0 Å². The Balaban J connectivity index is 1.56. The number of anilines is 3. The molecule has 2 aromatic carbocycles. The summed E-state index contributed by atoms with van der Waals surface area (Å²) in [6.07, 6.45) is 1.52. The lowest BCUT2D eigenvalue weighted by molar-refractivity contribution is -0.122. The number of rotatable bonds is 10. The Morgan fingerprint density at radius 3 is 2.40 bits per heavy atom. The Hall–Kier alpha value is -4.71. The summed E-state index contributed by atoms with van der Waals surface area (Å²) in [6.45, 7) is 11.1. The monoisotopic (exact) mass is 574 g/mol. The second-order valence-electron chi connectivity index (χ2n) is 11.3. The Kier molecular flexibility index (Phi) is 8.96. The molecule has 0 spiro atoms. The van der Waals surface area contributed by atoms with E-state index in [1.165, 1.54) is 10.8 Å². The van der Waals surface area contributed by atoms with E-state index in [1.54, 1.807) is 32.0 Å². The van der Waals surface area contributed by atoms with Gasteiger partial charge in [-0.15, -0.1) is 0 Å². The molecule has 1 aliphatic heterocycles. The van der Waals surface area contributed by atoms with Gasteiger partial charge in [0.05, 0.1) is 11.9 Å². The van der Waals surface area contributed by atoms with Gasteiger partial charge >= 0.3 is 0 Å². The van der Waals surface area contributed by atoms with Crippen molar-refractivity contribution in [3.8, 4) is 11.3 Å². The number of carbonyl (C=O) groups is 2. The first-order valence-corrected chi connectivity index (χ1v) is 13.8. The van der Waals surface area contributed by atoms with Crippen molar-refractivity contribution in [3.63, 3.8) is 0 Å². The Morgan fingerprint density at radius 1 is 1.07 bits per heavy atom. The average Bonchev–Trinajstić information content (AvgIpc) is 3.29. The third-order valence-corrected chi connectivity index (χ3v) is 6.32. The minimum Gasteiger partial charge on any atom is -0.399 e. The predicted octanol–water partition coefficient (Wildman–Crippen LogP) is 3.24. The van der Waals surface area contributed by atoms with Crippen molar-refractivity contribution < 1.29 is 14.4 Å². The van der Waals surface area contributed by atoms with Gasteiger partial charge in [0.2, 0.25) is 11.8 Å². The number of nitrogens with one attached hydrogen (secondary N) is 4. The summed E-state index contributed by atoms with van der Waals surface area (Å²) in [5, 5.41) is 8.75. The quantitative estimate of drug-likeness (QED) is 0.230. The van der Waals surface area contributed by atoms with Gasteiger partial charge in [0.25, 0.3) is 5.56 Å². The summed E-state index contributed by atoms with van der Waals surface area (Å²) in [5.41, 5.74) is 11.4. The molecule has 3 aromatic rings. The second kappa shape index (κ2) is 12.4. The smallest absolute Gasteiger partial charge is 0.294 e. The van der Waals surface area contributed by atoms with Crippen LogP contribution in [0.3, 0.4) is 0 Å². The number of hydrogen-bond donors (Lipinski definition) is 5. The number of benzene rings is 2.